The SMILES string of the molecule is CCOC(=O)[C@H]1C(=O)C=C(Nc2ccc(C(F)(F)F)cc2)C[C@H]1c1cccc(OC)c1. The molecule has 8 heteroatoms. The van der Waals surface area contributed by atoms with Gasteiger partial charge in [-0.3, -0.25) is 9.59 Å². The Hall–Kier alpha value is -3.29. The number of methoxy groups -OCH3 is 1. The monoisotopic (exact) mass is 433 g/mol. The summed E-state index contributed by atoms with van der Waals surface area (Å²) in [4.78, 5) is 25.4. The lowest BCUT2D eigenvalue weighted by atomic mass is 9.76. The van der Waals surface area contributed by atoms with Crippen molar-refractivity contribution in [2.24, 2.45) is 5.92 Å². The molecule has 1 aliphatic carbocycles. The second-order valence-electron chi connectivity index (χ2n) is 7.09. The number of benzene rings is 2. The van der Waals surface area contributed by atoms with Gasteiger partial charge in [0.25, 0.3) is 0 Å². The third-order valence-electron chi connectivity index (χ3n) is 5.04. The van der Waals surface area contributed by atoms with Crippen molar-refractivity contribution in [2.45, 2.75) is 25.4 Å². The summed E-state index contributed by atoms with van der Waals surface area (Å²) in [6.45, 7) is 1.81. The van der Waals surface area contributed by atoms with Crippen molar-refractivity contribution < 1.29 is 32.2 Å². The number of nitrogens with one attached hydrogen (secondary N) is 1. The highest BCUT2D eigenvalue weighted by Crippen LogP contribution is 2.38. The van der Waals surface area contributed by atoms with Crippen LogP contribution in [0.2, 0.25) is 0 Å². The van der Waals surface area contributed by atoms with Crippen LogP contribution in [0.25, 0.3) is 0 Å². The van der Waals surface area contributed by atoms with E-state index in [1.165, 1.54) is 25.3 Å². The Morgan fingerprint density at radius 2 is 1.87 bits per heavy atom. The summed E-state index contributed by atoms with van der Waals surface area (Å²) in [6, 6.07) is 11.6. The lowest BCUT2D eigenvalue weighted by molar-refractivity contribution is -0.151. The number of hydrogen-bond acceptors (Lipinski definition) is 5. The van der Waals surface area contributed by atoms with Gasteiger partial charge in [-0.1, -0.05) is 12.1 Å². The number of allylic oxidation sites excluding steroid dienone is 2. The van der Waals surface area contributed by atoms with Crippen molar-refractivity contribution in [1.29, 1.82) is 0 Å². The van der Waals surface area contributed by atoms with Crippen LogP contribution in [0.4, 0.5) is 18.9 Å². The zero-order chi connectivity index (χ0) is 22.6. The fourth-order valence-electron chi connectivity index (χ4n) is 3.58. The average Bonchev–Trinajstić information content (AvgIpc) is 2.73. The summed E-state index contributed by atoms with van der Waals surface area (Å²) in [6.07, 6.45) is -2.82. The average molecular weight is 433 g/mol. The molecule has 0 saturated heterocycles. The van der Waals surface area contributed by atoms with E-state index in [1.54, 1.807) is 31.2 Å². The van der Waals surface area contributed by atoms with Gasteiger partial charge in [-0.15, -0.1) is 0 Å². The van der Waals surface area contributed by atoms with Crippen LogP contribution in [0.3, 0.4) is 0 Å². The first-order valence-corrected chi connectivity index (χ1v) is 9.72. The molecule has 3 rings (SSSR count). The molecule has 0 saturated carbocycles. The van der Waals surface area contributed by atoms with Crippen molar-refractivity contribution in [3.63, 3.8) is 0 Å². The summed E-state index contributed by atoms with van der Waals surface area (Å²) < 4.78 is 48.7. The van der Waals surface area contributed by atoms with Gasteiger partial charge in [0.15, 0.2) is 5.78 Å². The summed E-state index contributed by atoms with van der Waals surface area (Å²) in [5.74, 6) is -1.97. The number of anilines is 1. The molecule has 1 N–H and O–H groups in total. The van der Waals surface area contributed by atoms with Gasteiger partial charge in [-0.05, 0) is 55.3 Å². The van der Waals surface area contributed by atoms with Crippen molar-refractivity contribution in [1.82, 2.24) is 0 Å². The minimum absolute atomic E-state index is 0.147. The van der Waals surface area contributed by atoms with Gasteiger partial charge < -0.3 is 14.8 Å². The van der Waals surface area contributed by atoms with E-state index in [-0.39, 0.29) is 6.61 Å². The molecule has 0 radical (unpaired) electrons. The first-order chi connectivity index (χ1) is 14.7. The Balaban J connectivity index is 1.90. The fourth-order valence-corrected chi connectivity index (χ4v) is 3.58. The molecule has 0 aliphatic heterocycles. The van der Waals surface area contributed by atoms with Crippen LogP contribution < -0.4 is 10.1 Å². The van der Waals surface area contributed by atoms with E-state index < -0.39 is 35.3 Å². The number of hydrogen-bond donors (Lipinski definition) is 1. The van der Waals surface area contributed by atoms with E-state index in [1.807, 2.05) is 0 Å². The highest BCUT2D eigenvalue weighted by atomic mass is 19.4. The molecule has 5 nitrogen and oxygen atoms in total. The highest BCUT2D eigenvalue weighted by molar-refractivity contribution is 6.07. The van der Waals surface area contributed by atoms with Crippen LogP contribution >= 0.6 is 0 Å². The number of esters is 1. The van der Waals surface area contributed by atoms with E-state index in [4.69, 9.17) is 9.47 Å². The van der Waals surface area contributed by atoms with Gasteiger partial charge in [0, 0.05) is 23.4 Å². The molecule has 0 heterocycles. The van der Waals surface area contributed by atoms with Crippen LogP contribution in [-0.2, 0) is 20.5 Å². The molecular formula is C23H22F3NO4. The van der Waals surface area contributed by atoms with E-state index in [2.05, 4.69) is 5.32 Å². The lowest BCUT2D eigenvalue weighted by Crippen LogP contribution is -2.35. The summed E-state index contributed by atoms with van der Waals surface area (Å²) in [5.41, 5.74) is 0.873. The molecule has 0 spiro atoms. The van der Waals surface area contributed by atoms with Gasteiger partial charge in [0.1, 0.15) is 11.7 Å². The zero-order valence-corrected chi connectivity index (χ0v) is 17.0. The van der Waals surface area contributed by atoms with Gasteiger partial charge in [-0.25, -0.2) is 0 Å². The molecule has 2 aromatic carbocycles. The first-order valence-electron chi connectivity index (χ1n) is 9.72. The van der Waals surface area contributed by atoms with Crippen LogP contribution in [0.1, 0.15) is 30.4 Å². The predicted octanol–water partition coefficient (Wildman–Crippen LogP) is 4.95. The van der Waals surface area contributed by atoms with Crippen molar-refractivity contribution >= 4 is 17.4 Å². The van der Waals surface area contributed by atoms with Gasteiger partial charge >= 0.3 is 12.1 Å². The number of alkyl halides is 3. The van der Waals surface area contributed by atoms with Crippen molar-refractivity contribution in [3.05, 3.63) is 71.4 Å². The van der Waals surface area contributed by atoms with Crippen LogP contribution in [-0.4, -0.2) is 25.5 Å². The van der Waals surface area contributed by atoms with Gasteiger partial charge in [-0.2, -0.15) is 13.2 Å². The van der Waals surface area contributed by atoms with Gasteiger partial charge in [0.2, 0.25) is 0 Å². The largest absolute Gasteiger partial charge is 0.497 e. The predicted molar refractivity (Wildman–Crippen MR) is 109 cm³/mol. The molecule has 31 heavy (non-hydrogen) atoms. The van der Waals surface area contributed by atoms with E-state index >= 15 is 0 Å². The topological polar surface area (TPSA) is 64.6 Å². The van der Waals surface area contributed by atoms with Crippen LogP contribution in [0.5, 0.6) is 5.75 Å². The molecule has 1 aliphatic rings. The Morgan fingerprint density at radius 1 is 1.16 bits per heavy atom. The molecule has 2 atom stereocenters. The maximum Gasteiger partial charge on any atom is 0.416 e. The molecule has 0 fully saturated rings. The highest BCUT2D eigenvalue weighted by Gasteiger charge is 2.40. The lowest BCUT2D eigenvalue weighted by Gasteiger charge is -2.30. The fraction of sp³-hybridized carbons (Fsp3) is 0.304. The molecule has 0 amide bonds. The van der Waals surface area contributed by atoms with E-state index in [0.29, 0.717) is 23.6 Å². The Labute approximate surface area is 177 Å². The van der Waals surface area contributed by atoms with E-state index in [9.17, 15) is 22.8 Å². The smallest absolute Gasteiger partial charge is 0.416 e. The normalized spacial score (nSPS) is 18.9. The number of ketones is 1. The second kappa shape index (κ2) is 9.24. The third kappa shape index (κ3) is 5.25. The summed E-state index contributed by atoms with van der Waals surface area (Å²) >= 11 is 0. The number of rotatable bonds is 6. The first kappa shape index (κ1) is 22.4. The maximum atomic E-state index is 12.8. The number of ether oxygens (including phenoxy) is 2. The quantitative estimate of drug-likeness (QED) is 0.516. The van der Waals surface area contributed by atoms with Crippen LogP contribution in [0.15, 0.2) is 60.3 Å². The van der Waals surface area contributed by atoms with E-state index in [0.717, 1.165) is 17.7 Å². The maximum absolute atomic E-state index is 12.8. The number of halogens is 3. The number of carbonyl (C=O) groups excluding carboxylic acids is 2. The number of carbonyl (C=O) groups is 2. The van der Waals surface area contributed by atoms with Gasteiger partial charge in [0.05, 0.1) is 19.3 Å². The summed E-state index contributed by atoms with van der Waals surface area (Å²) in [7, 11) is 1.52. The Morgan fingerprint density at radius 3 is 2.48 bits per heavy atom. The zero-order valence-electron chi connectivity index (χ0n) is 17.0. The Kier molecular flexibility index (Phi) is 6.68. The molecule has 0 aromatic heterocycles. The molecule has 164 valence electrons. The molecule has 2 aromatic rings. The Bertz CT molecular complexity index is 983. The van der Waals surface area contributed by atoms with Crippen LogP contribution in [0, 0.1) is 5.92 Å². The minimum Gasteiger partial charge on any atom is -0.497 e. The van der Waals surface area contributed by atoms with Crippen molar-refractivity contribution in [2.75, 3.05) is 19.0 Å². The second-order valence-corrected chi connectivity index (χ2v) is 7.09. The molecule has 0 unspecified atom stereocenters. The standard InChI is InChI=1S/C23H22F3NO4/c1-3-31-22(29)21-19(14-5-4-6-18(11-14)30-2)12-17(13-20(21)28)27-16-9-7-15(8-10-16)23(24,25)26/h4-11,13,19,21,27H,3,12H2,1-2H3/t19-,21+/m0/s1. The molecule has 0 bridgehead atoms. The molecular weight excluding hydrogens is 411 g/mol. The van der Waals surface area contributed by atoms with Crippen molar-refractivity contribution in [3.8, 4) is 5.75 Å². The minimum atomic E-state index is -4.43. The summed E-state index contributed by atoms with van der Waals surface area (Å²) in [5, 5.41) is 3.00. The third-order valence-corrected chi connectivity index (χ3v) is 5.04.